The lowest BCUT2D eigenvalue weighted by molar-refractivity contribution is 0.0512. The zero-order chi connectivity index (χ0) is 40.2. The second-order valence-corrected chi connectivity index (χ2v) is 23.0. The first-order chi connectivity index (χ1) is 27.4. The fourth-order valence-corrected chi connectivity index (χ4v) is 15.8. The van der Waals surface area contributed by atoms with Gasteiger partial charge in [0, 0.05) is 49.9 Å². The summed E-state index contributed by atoms with van der Waals surface area (Å²) in [6.07, 6.45) is 4.60. The summed E-state index contributed by atoms with van der Waals surface area (Å²) in [5.74, 6) is 3.08. The van der Waals surface area contributed by atoms with E-state index in [9.17, 15) is 4.39 Å². The van der Waals surface area contributed by atoms with Crippen LogP contribution in [0.15, 0.2) is 30.5 Å². The molecule has 57 heavy (non-hydrogen) atoms. The summed E-state index contributed by atoms with van der Waals surface area (Å²) in [5, 5.41) is 1.50. The average Bonchev–Trinajstić information content (AvgIpc) is 3.46. The normalized spacial score (nSPS) is 23.6. The molecule has 4 saturated heterocycles. The van der Waals surface area contributed by atoms with Crippen molar-refractivity contribution in [2.24, 2.45) is 0 Å². The molecule has 8 rings (SSSR count). The van der Waals surface area contributed by atoms with Crippen LogP contribution in [-0.2, 0) is 9.47 Å². The molecule has 4 aromatic rings. The van der Waals surface area contributed by atoms with Crippen LogP contribution in [0.4, 0.5) is 19.0 Å². The van der Waals surface area contributed by atoms with E-state index in [0.29, 0.717) is 76.1 Å². The summed E-state index contributed by atoms with van der Waals surface area (Å²) in [6.45, 7) is 15.8. The maximum absolute atomic E-state index is 17.6. The molecule has 4 aliphatic heterocycles. The van der Waals surface area contributed by atoms with Crippen molar-refractivity contribution in [3.8, 4) is 34.5 Å². The molecule has 304 valence electrons. The van der Waals surface area contributed by atoms with E-state index in [1.54, 1.807) is 24.4 Å². The van der Waals surface area contributed by atoms with Crippen LogP contribution in [0.1, 0.15) is 79.2 Å². The summed E-state index contributed by atoms with van der Waals surface area (Å²) >= 11 is 0. The van der Waals surface area contributed by atoms with Crippen LogP contribution in [0.25, 0.3) is 32.9 Å². The van der Waals surface area contributed by atoms with Gasteiger partial charge in [0.05, 0.1) is 29.1 Å². The second kappa shape index (κ2) is 15.7. The number of nitrogens with zero attached hydrogens (tertiary/aromatic N) is 5. The van der Waals surface area contributed by atoms with Crippen molar-refractivity contribution >= 4 is 35.6 Å². The van der Waals surface area contributed by atoms with Crippen LogP contribution in [0, 0.1) is 23.1 Å². The van der Waals surface area contributed by atoms with Crippen LogP contribution in [0.2, 0.25) is 16.6 Å². The van der Waals surface area contributed by atoms with Gasteiger partial charge in [-0.3, -0.25) is 9.88 Å². The van der Waals surface area contributed by atoms with Gasteiger partial charge >= 0.3 is 6.01 Å². The van der Waals surface area contributed by atoms with Gasteiger partial charge in [0.2, 0.25) is 0 Å². The molecule has 0 spiro atoms. The summed E-state index contributed by atoms with van der Waals surface area (Å²) in [7, 11) is -0.764. The smallest absolute Gasteiger partial charge is 0.319 e. The third-order valence-electron chi connectivity index (χ3n) is 13.3. The van der Waals surface area contributed by atoms with Gasteiger partial charge < -0.3 is 23.8 Å². The first-order valence-corrected chi connectivity index (χ1v) is 22.8. The molecule has 2 unspecified atom stereocenters. The number of fused-ring (bicyclic) bond motifs is 5. The van der Waals surface area contributed by atoms with Gasteiger partial charge in [0.1, 0.15) is 49.4 Å². The fourth-order valence-electron chi connectivity index (χ4n) is 10.5. The molecule has 0 saturated carbocycles. The minimum atomic E-state index is -2.29. The van der Waals surface area contributed by atoms with Crippen LogP contribution in [-0.4, -0.2) is 98.5 Å². The Morgan fingerprint density at radius 2 is 1.82 bits per heavy atom. The largest absolute Gasteiger partial charge is 0.468 e. The van der Waals surface area contributed by atoms with Crippen molar-refractivity contribution < 1.29 is 32.1 Å². The molecule has 0 radical (unpaired) electrons. The molecule has 4 fully saturated rings. The summed E-state index contributed by atoms with van der Waals surface area (Å²) < 4.78 is 71.9. The highest BCUT2D eigenvalue weighted by molar-refractivity contribution is 6.90. The Hall–Kier alpha value is -3.96. The molecule has 2 aromatic carbocycles. The topological polar surface area (TPSA) is 82.1 Å². The number of aromatic nitrogens is 3. The SMILES string of the molecule is COCOc1cc(-c2ncc3c(N4C5CCOCC4C5)nc(OC[C@@]45CCCN4C[C@H](F)C5)nc3c2F)c2c(C#C[Si](C(C)C)(C(C)C)C(C)C)c(F)ccc2c1. The number of hydrogen-bond donors (Lipinski definition) is 0. The molecule has 4 aliphatic rings. The van der Waals surface area contributed by atoms with E-state index in [1.165, 1.54) is 13.2 Å². The van der Waals surface area contributed by atoms with E-state index >= 15 is 8.78 Å². The van der Waals surface area contributed by atoms with Gasteiger partial charge in [-0.1, -0.05) is 53.5 Å². The Balaban J connectivity index is 1.32. The lowest BCUT2D eigenvalue weighted by Crippen LogP contribution is -2.57. The van der Waals surface area contributed by atoms with Crippen LogP contribution < -0.4 is 14.4 Å². The lowest BCUT2D eigenvalue weighted by atomic mass is 9.91. The molecule has 13 heteroatoms. The van der Waals surface area contributed by atoms with Gasteiger partial charge in [-0.15, -0.1) is 5.54 Å². The number of alkyl halides is 1. The number of rotatable bonds is 11. The van der Waals surface area contributed by atoms with Crippen LogP contribution in [0.5, 0.6) is 11.8 Å². The Kier molecular flexibility index (Phi) is 10.9. The average molecular weight is 802 g/mol. The number of methoxy groups -OCH3 is 1. The number of pyridine rings is 1. The Morgan fingerprint density at radius 3 is 2.58 bits per heavy atom. The standard InChI is InChI=1S/C44H54F3N5O4Si/c1-26(2)57(27(3)4,28(5)6)16-12-34-37(46)10-9-29-17-33(56-25-53-7)19-35(38(29)34)40-39(47)41-36(21-48-40)42(52-31-11-15-54-23-32(52)18-31)50-43(49-41)55-24-44-13-8-14-51(44)22-30(45)20-44/h9-10,17,19,21,26-28,30-32H,8,11,13-15,18,20,22-25H2,1-7H3/t30-,31?,32?,44+/m1/s1. The van der Waals surface area contributed by atoms with E-state index in [-0.39, 0.29) is 48.3 Å². The van der Waals surface area contributed by atoms with Crippen molar-refractivity contribution in [2.75, 3.05) is 51.7 Å². The predicted octanol–water partition coefficient (Wildman–Crippen LogP) is 9.00. The first kappa shape index (κ1) is 39.8. The third kappa shape index (κ3) is 6.94. The van der Waals surface area contributed by atoms with E-state index in [0.717, 1.165) is 32.2 Å². The summed E-state index contributed by atoms with van der Waals surface area (Å²) in [6, 6.07) is 6.78. The highest BCUT2D eigenvalue weighted by atomic mass is 28.3. The fraction of sp³-hybridized carbons (Fsp3) is 0.568. The van der Waals surface area contributed by atoms with Crippen LogP contribution >= 0.6 is 0 Å². The lowest BCUT2D eigenvalue weighted by Gasteiger charge is -2.47. The summed E-state index contributed by atoms with van der Waals surface area (Å²) in [4.78, 5) is 18.8. The molecular formula is C44H54F3N5O4Si. The van der Waals surface area contributed by atoms with Crippen molar-refractivity contribution in [3.05, 3.63) is 47.7 Å². The number of ether oxygens (including phenoxy) is 4. The number of hydrogen-bond acceptors (Lipinski definition) is 9. The second-order valence-electron chi connectivity index (χ2n) is 17.4. The van der Waals surface area contributed by atoms with E-state index < -0.39 is 31.4 Å². The highest BCUT2D eigenvalue weighted by Gasteiger charge is 2.50. The molecule has 4 atom stereocenters. The van der Waals surface area contributed by atoms with Gasteiger partial charge in [0.25, 0.3) is 0 Å². The zero-order valence-electron chi connectivity index (χ0n) is 34.1. The minimum Gasteiger partial charge on any atom is -0.468 e. The molecule has 0 N–H and O–H groups in total. The molecular weight excluding hydrogens is 748 g/mol. The molecule has 2 aromatic heterocycles. The molecule has 0 amide bonds. The molecule has 9 nitrogen and oxygen atoms in total. The van der Waals surface area contributed by atoms with Gasteiger partial charge in [0.15, 0.2) is 12.6 Å². The molecule has 2 bridgehead atoms. The van der Waals surface area contributed by atoms with Crippen molar-refractivity contribution in [1.29, 1.82) is 0 Å². The van der Waals surface area contributed by atoms with Gasteiger partial charge in [-0.2, -0.15) is 9.97 Å². The number of halogens is 3. The molecule has 0 aliphatic carbocycles. The van der Waals surface area contributed by atoms with Crippen molar-refractivity contribution in [1.82, 2.24) is 19.9 Å². The maximum atomic E-state index is 17.6. The van der Waals surface area contributed by atoms with Gasteiger partial charge in [-0.25, -0.2) is 13.2 Å². The van der Waals surface area contributed by atoms with E-state index in [4.69, 9.17) is 33.9 Å². The molecule has 6 heterocycles. The monoisotopic (exact) mass is 801 g/mol. The third-order valence-corrected chi connectivity index (χ3v) is 19.6. The Bertz CT molecular complexity index is 2190. The van der Waals surface area contributed by atoms with Crippen LogP contribution in [0.3, 0.4) is 0 Å². The Labute approximate surface area is 334 Å². The number of anilines is 1. The van der Waals surface area contributed by atoms with Gasteiger partial charge in [-0.05, 0) is 72.4 Å². The first-order valence-electron chi connectivity index (χ1n) is 20.5. The minimum absolute atomic E-state index is 0.0265. The highest BCUT2D eigenvalue weighted by Crippen LogP contribution is 2.45. The Morgan fingerprint density at radius 1 is 1.04 bits per heavy atom. The maximum Gasteiger partial charge on any atom is 0.319 e. The predicted molar refractivity (Wildman–Crippen MR) is 219 cm³/mol. The van der Waals surface area contributed by atoms with E-state index in [1.807, 2.05) is 0 Å². The zero-order valence-corrected chi connectivity index (χ0v) is 35.1. The quantitative estimate of drug-likeness (QED) is 0.0839. The number of benzene rings is 2. The van der Waals surface area contributed by atoms with E-state index in [2.05, 4.69) is 62.8 Å². The summed E-state index contributed by atoms with van der Waals surface area (Å²) in [5.41, 5.74) is 4.73. The van der Waals surface area contributed by atoms with Crippen molar-refractivity contribution in [3.63, 3.8) is 0 Å². The van der Waals surface area contributed by atoms with Crippen molar-refractivity contribution in [2.45, 2.75) is 114 Å².